The van der Waals surface area contributed by atoms with Gasteiger partial charge in [0.1, 0.15) is 5.75 Å². The molecule has 0 radical (unpaired) electrons. The Morgan fingerprint density at radius 2 is 1.67 bits per heavy atom. The number of para-hydroxylation sites is 3. The van der Waals surface area contributed by atoms with Gasteiger partial charge in [0.25, 0.3) is 5.91 Å². The first kappa shape index (κ1) is 16.1. The average Bonchev–Trinajstić information content (AvgIpc) is 2.59. The lowest BCUT2D eigenvalue weighted by Gasteiger charge is -2.40. The van der Waals surface area contributed by atoms with Gasteiger partial charge in [0.2, 0.25) is 5.91 Å². The van der Waals surface area contributed by atoms with Crippen LogP contribution in [0.4, 0.5) is 11.4 Å². The Balaban J connectivity index is 1.81. The first-order valence-corrected chi connectivity index (χ1v) is 7.95. The summed E-state index contributed by atoms with van der Waals surface area (Å²) in [6.45, 7) is 3.90. The zero-order chi connectivity index (χ0) is 17.1. The fraction of sp³-hybridized carbons (Fsp3) is 0.263. The summed E-state index contributed by atoms with van der Waals surface area (Å²) in [6, 6.07) is 16.6. The molecule has 1 heterocycles. The Morgan fingerprint density at radius 1 is 1.04 bits per heavy atom. The van der Waals surface area contributed by atoms with E-state index in [4.69, 9.17) is 4.74 Å². The lowest BCUT2D eigenvalue weighted by Crippen LogP contribution is -2.52. The van der Waals surface area contributed by atoms with Crippen LogP contribution < -0.4 is 14.5 Å². The molecule has 0 aromatic heterocycles. The molecule has 0 aliphatic carbocycles. The van der Waals surface area contributed by atoms with Crippen molar-refractivity contribution in [3.05, 3.63) is 54.6 Å². The highest BCUT2D eigenvalue weighted by Gasteiger charge is 2.33. The lowest BCUT2D eigenvalue weighted by molar-refractivity contribution is -0.121. The van der Waals surface area contributed by atoms with Crippen molar-refractivity contribution < 1.29 is 14.3 Å². The summed E-state index contributed by atoms with van der Waals surface area (Å²) >= 11 is 0. The van der Waals surface area contributed by atoms with Gasteiger partial charge in [-0.1, -0.05) is 30.3 Å². The number of rotatable bonds is 3. The van der Waals surface area contributed by atoms with Gasteiger partial charge in [-0.15, -0.1) is 0 Å². The van der Waals surface area contributed by atoms with Gasteiger partial charge in [0.15, 0.2) is 6.61 Å². The molecular weight excluding hydrogens is 304 g/mol. The maximum absolute atomic E-state index is 12.7. The van der Waals surface area contributed by atoms with E-state index in [1.54, 1.807) is 16.7 Å². The van der Waals surface area contributed by atoms with Gasteiger partial charge in [-0.3, -0.25) is 9.59 Å². The minimum atomic E-state index is -0.124. The van der Waals surface area contributed by atoms with Crippen molar-refractivity contribution in [3.8, 4) is 5.75 Å². The van der Waals surface area contributed by atoms with Gasteiger partial charge in [-0.25, -0.2) is 0 Å². The maximum Gasteiger partial charge on any atom is 0.265 e. The van der Waals surface area contributed by atoms with E-state index < -0.39 is 0 Å². The zero-order valence-corrected chi connectivity index (χ0v) is 13.8. The number of amides is 2. The van der Waals surface area contributed by atoms with Crippen LogP contribution in [0.25, 0.3) is 0 Å². The molecule has 0 spiro atoms. The number of ether oxygens (including phenoxy) is 1. The molecule has 0 bridgehead atoms. The minimum absolute atomic E-state index is 0.0254. The van der Waals surface area contributed by atoms with Crippen LogP contribution in [0.5, 0.6) is 5.75 Å². The van der Waals surface area contributed by atoms with Gasteiger partial charge in [-0.2, -0.15) is 0 Å². The number of hydrogen-bond donors (Lipinski definition) is 0. The summed E-state index contributed by atoms with van der Waals surface area (Å²) in [5.74, 6) is 0.512. The number of carbonyl (C=O) groups is 2. The third-order valence-electron chi connectivity index (χ3n) is 4.07. The van der Waals surface area contributed by atoms with Gasteiger partial charge in [-0.05, 0) is 31.2 Å². The molecule has 0 fully saturated rings. The van der Waals surface area contributed by atoms with E-state index in [0.29, 0.717) is 12.3 Å². The molecule has 1 aliphatic heterocycles. The second kappa shape index (κ2) is 6.74. The normalized spacial score (nSPS) is 16.5. The van der Waals surface area contributed by atoms with E-state index >= 15 is 0 Å². The largest absolute Gasteiger partial charge is 0.484 e. The van der Waals surface area contributed by atoms with E-state index in [1.165, 1.54) is 0 Å². The van der Waals surface area contributed by atoms with Crippen LogP contribution in [0.1, 0.15) is 13.8 Å². The number of hydrogen-bond acceptors (Lipinski definition) is 3. The van der Waals surface area contributed by atoms with Crippen molar-refractivity contribution in [2.45, 2.75) is 19.9 Å². The summed E-state index contributed by atoms with van der Waals surface area (Å²) in [7, 11) is 0. The Labute approximate surface area is 141 Å². The van der Waals surface area contributed by atoms with E-state index in [9.17, 15) is 9.59 Å². The molecule has 0 saturated carbocycles. The molecule has 0 saturated heterocycles. The molecule has 5 heteroatoms. The molecular formula is C19H20N2O3. The number of nitrogens with zero attached hydrogens (tertiary/aromatic N) is 2. The topological polar surface area (TPSA) is 49.9 Å². The zero-order valence-electron chi connectivity index (χ0n) is 13.8. The molecule has 3 rings (SSSR count). The molecule has 0 N–H and O–H groups in total. The third-order valence-corrected chi connectivity index (χ3v) is 4.07. The predicted molar refractivity (Wildman–Crippen MR) is 93.4 cm³/mol. The molecule has 1 unspecified atom stereocenters. The summed E-state index contributed by atoms with van der Waals surface area (Å²) in [5.41, 5.74) is 1.50. The number of benzene rings is 2. The number of fused-ring (bicyclic) bond motifs is 1. The third kappa shape index (κ3) is 3.11. The lowest BCUT2D eigenvalue weighted by atomic mass is 10.1. The molecule has 5 nitrogen and oxygen atoms in total. The molecule has 124 valence electrons. The second-order valence-corrected chi connectivity index (χ2v) is 5.83. The van der Waals surface area contributed by atoms with Crippen molar-refractivity contribution in [2.24, 2.45) is 0 Å². The van der Waals surface area contributed by atoms with Crippen molar-refractivity contribution in [2.75, 3.05) is 23.0 Å². The Morgan fingerprint density at radius 3 is 2.33 bits per heavy atom. The Bertz CT molecular complexity index is 745. The smallest absolute Gasteiger partial charge is 0.265 e. The monoisotopic (exact) mass is 324 g/mol. The molecule has 24 heavy (non-hydrogen) atoms. The highest BCUT2D eigenvalue weighted by molar-refractivity contribution is 6.04. The van der Waals surface area contributed by atoms with E-state index in [1.807, 2.05) is 61.5 Å². The highest BCUT2D eigenvalue weighted by atomic mass is 16.5. The van der Waals surface area contributed by atoms with Crippen molar-refractivity contribution in [3.63, 3.8) is 0 Å². The minimum Gasteiger partial charge on any atom is -0.484 e. The van der Waals surface area contributed by atoms with Crippen LogP contribution in [0.2, 0.25) is 0 Å². The van der Waals surface area contributed by atoms with Crippen LogP contribution in [-0.4, -0.2) is 31.0 Å². The summed E-state index contributed by atoms with van der Waals surface area (Å²) in [6.07, 6.45) is 0. The van der Waals surface area contributed by atoms with Crippen molar-refractivity contribution in [1.29, 1.82) is 0 Å². The van der Waals surface area contributed by atoms with E-state index in [0.717, 1.165) is 11.4 Å². The summed E-state index contributed by atoms with van der Waals surface area (Å²) in [5, 5.41) is 0. The number of anilines is 2. The van der Waals surface area contributed by atoms with Crippen LogP contribution in [0.15, 0.2) is 54.6 Å². The average molecular weight is 324 g/mol. The molecule has 2 aromatic rings. The summed E-state index contributed by atoms with van der Waals surface area (Å²) < 4.78 is 5.57. The van der Waals surface area contributed by atoms with Crippen LogP contribution in [0.3, 0.4) is 0 Å². The molecule has 2 aromatic carbocycles. The van der Waals surface area contributed by atoms with Crippen LogP contribution >= 0.6 is 0 Å². The fourth-order valence-electron chi connectivity index (χ4n) is 3.03. The standard InChI is InChI=1S/C19H20N2O3/c1-14-12-20(19(23)13-24-16-8-4-3-5-9-16)17-10-6-7-11-18(17)21(14)15(2)22/h3-11,14H,12-13H2,1-2H3. The van der Waals surface area contributed by atoms with E-state index in [-0.39, 0.29) is 24.5 Å². The highest BCUT2D eigenvalue weighted by Crippen LogP contribution is 2.35. The Kier molecular flexibility index (Phi) is 4.51. The second-order valence-electron chi connectivity index (χ2n) is 5.83. The Hall–Kier alpha value is -2.82. The fourth-order valence-corrected chi connectivity index (χ4v) is 3.03. The van der Waals surface area contributed by atoms with Gasteiger partial charge in [0.05, 0.1) is 17.4 Å². The first-order valence-electron chi connectivity index (χ1n) is 7.95. The van der Waals surface area contributed by atoms with Crippen molar-refractivity contribution >= 4 is 23.2 Å². The molecule has 2 amide bonds. The predicted octanol–water partition coefficient (Wildman–Crippen LogP) is 2.85. The van der Waals surface area contributed by atoms with Gasteiger partial charge < -0.3 is 14.5 Å². The quantitative estimate of drug-likeness (QED) is 0.872. The maximum atomic E-state index is 12.7. The summed E-state index contributed by atoms with van der Waals surface area (Å²) in [4.78, 5) is 28.0. The van der Waals surface area contributed by atoms with E-state index in [2.05, 4.69) is 0 Å². The van der Waals surface area contributed by atoms with Gasteiger partial charge >= 0.3 is 0 Å². The first-order chi connectivity index (χ1) is 11.6. The van der Waals surface area contributed by atoms with Gasteiger partial charge in [0, 0.05) is 13.5 Å². The molecule has 1 atom stereocenters. The molecule has 1 aliphatic rings. The van der Waals surface area contributed by atoms with Crippen molar-refractivity contribution in [1.82, 2.24) is 0 Å². The number of carbonyl (C=O) groups excluding carboxylic acids is 2. The van der Waals surface area contributed by atoms with Crippen LogP contribution in [-0.2, 0) is 9.59 Å². The van der Waals surface area contributed by atoms with Crippen LogP contribution in [0, 0.1) is 0 Å². The SMILES string of the molecule is CC(=O)N1c2ccccc2N(C(=O)COc2ccccc2)CC1C.